The molecule has 0 bridgehead atoms. The fraction of sp³-hybridized carbons (Fsp3) is 0.278. The molecular formula is C18H21N3O3. The SMILES string of the molecule is Cc1ccc(C(=O)NC(C)(C)C)c(Nc2ccc([N+](=O)[O-])cc2)c1. The van der Waals surface area contributed by atoms with Crippen molar-refractivity contribution in [2.45, 2.75) is 33.2 Å². The molecule has 0 aromatic heterocycles. The fourth-order valence-corrected chi connectivity index (χ4v) is 2.19. The van der Waals surface area contributed by atoms with Gasteiger partial charge in [0.2, 0.25) is 0 Å². The molecule has 0 heterocycles. The molecule has 2 rings (SSSR count). The van der Waals surface area contributed by atoms with E-state index in [1.165, 1.54) is 12.1 Å². The number of aryl methyl sites for hydroxylation is 1. The second-order valence-corrected chi connectivity index (χ2v) is 6.68. The zero-order chi connectivity index (χ0) is 17.9. The van der Waals surface area contributed by atoms with E-state index in [1.807, 2.05) is 39.8 Å². The maximum Gasteiger partial charge on any atom is 0.269 e. The molecule has 2 aromatic carbocycles. The zero-order valence-corrected chi connectivity index (χ0v) is 14.2. The van der Waals surface area contributed by atoms with Gasteiger partial charge in [0, 0.05) is 23.4 Å². The van der Waals surface area contributed by atoms with Gasteiger partial charge in [0.15, 0.2) is 0 Å². The summed E-state index contributed by atoms with van der Waals surface area (Å²) in [6.45, 7) is 7.69. The minimum Gasteiger partial charge on any atom is -0.355 e. The number of nitrogens with zero attached hydrogens (tertiary/aromatic N) is 1. The number of non-ortho nitro benzene ring substituents is 1. The van der Waals surface area contributed by atoms with Crippen LogP contribution in [-0.4, -0.2) is 16.4 Å². The van der Waals surface area contributed by atoms with Crippen molar-refractivity contribution in [2.24, 2.45) is 0 Å². The van der Waals surface area contributed by atoms with Gasteiger partial charge in [-0.25, -0.2) is 0 Å². The summed E-state index contributed by atoms with van der Waals surface area (Å²) in [6.07, 6.45) is 0. The quantitative estimate of drug-likeness (QED) is 0.652. The third-order valence-corrected chi connectivity index (χ3v) is 3.27. The first-order valence-electron chi connectivity index (χ1n) is 7.60. The van der Waals surface area contributed by atoms with Gasteiger partial charge in [-0.3, -0.25) is 14.9 Å². The molecule has 1 amide bonds. The van der Waals surface area contributed by atoms with Crippen molar-refractivity contribution in [3.63, 3.8) is 0 Å². The predicted molar refractivity (Wildman–Crippen MR) is 94.8 cm³/mol. The largest absolute Gasteiger partial charge is 0.355 e. The number of carbonyl (C=O) groups is 1. The van der Waals surface area contributed by atoms with Crippen molar-refractivity contribution < 1.29 is 9.72 Å². The van der Waals surface area contributed by atoms with Crippen LogP contribution in [0.4, 0.5) is 17.1 Å². The van der Waals surface area contributed by atoms with E-state index in [0.717, 1.165) is 5.56 Å². The van der Waals surface area contributed by atoms with Crippen molar-refractivity contribution >= 4 is 23.0 Å². The van der Waals surface area contributed by atoms with Crippen LogP contribution < -0.4 is 10.6 Å². The molecule has 126 valence electrons. The highest BCUT2D eigenvalue weighted by Gasteiger charge is 2.18. The lowest BCUT2D eigenvalue weighted by Crippen LogP contribution is -2.40. The normalized spacial score (nSPS) is 11.0. The molecule has 0 aliphatic rings. The Balaban J connectivity index is 2.30. The number of amides is 1. The highest BCUT2D eigenvalue weighted by molar-refractivity contribution is 6.00. The second kappa shape index (κ2) is 6.70. The van der Waals surface area contributed by atoms with Gasteiger partial charge in [0.1, 0.15) is 0 Å². The average Bonchev–Trinajstić information content (AvgIpc) is 2.46. The number of anilines is 2. The third kappa shape index (κ3) is 4.55. The maximum atomic E-state index is 12.5. The van der Waals surface area contributed by atoms with Gasteiger partial charge in [-0.1, -0.05) is 6.07 Å². The fourth-order valence-electron chi connectivity index (χ4n) is 2.19. The highest BCUT2D eigenvalue weighted by Crippen LogP contribution is 2.24. The molecule has 0 fully saturated rings. The number of nitro groups is 1. The summed E-state index contributed by atoms with van der Waals surface area (Å²) in [4.78, 5) is 22.8. The van der Waals surface area contributed by atoms with Gasteiger partial charge >= 0.3 is 0 Å². The zero-order valence-electron chi connectivity index (χ0n) is 14.2. The van der Waals surface area contributed by atoms with Gasteiger partial charge in [-0.05, 0) is 57.5 Å². The van der Waals surface area contributed by atoms with Gasteiger partial charge in [-0.2, -0.15) is 0 Å². The number of rotatable bonds is 4. The Labute approximate surface area is 141 Å². The molecule has 2 aromatic rings. The summed E-state index contributed by atoms with van der Waals surface area (Å²) >= 11 is 0. The Morgan fingerprint density at radius 3 is 2.25 bits per heavy atom. The van der Waals surface area contributed by atoms with Gasteiger partial charge < -0.3 is 10.6 Å². The summed E-state index contributed by atoms with van der Waals surface area (Å²) in [7, 11) is 0. The van der Waals surface area contributed by atoms with Crippen molar-refractivity contribution in [3.8, 4) is 0 Å². The van der Waals surface area contributed by atoms with E-state index in [-0.39, 0.29) is 17.1 Å². The number of nitro benzene ring substituents is 1. The molecule has 0 unspecified atom stereocenters. The molecule has 0 atom stereocenters. The van der Waals surface area contributed by atoms with E-state index in [2.05, 4.69) is 10.6 Å². The molecule has 0 aliphatic carbocycles. The number of hydrogen-bond acceptors (Lipinski definition) is 4. The molecule has 0 aliphatic heterocycles. The second-order valence-electron chi connectivity index (χ2n) is 6.68. The monoisotopic (exact) mass is 327 g/mol. The Hall–Kier alpha value is -2.89. The minimum atomic E-state index is -0.446. The summed E-state index contributed by atoms with van der Waals surface area (Å²) in [6, 6.07) is 11.6. The topological polar surface area (TPSA) is 84.3 Å². The number of carbonyl (C=O) groups excluding carboxylic acids is 1. The number of benzene rings is 2. The number of nitrogens with one attached hydrogen (secondary N) is 2. The Morgan fingerprint density at radius 2 is 1.71 bits per heavy atom. The lowest BCUT2D eigenvalue weighted by atomic mass is 10.1. The van der Waals surface area contributed by atoms with Crippen LogP contribution in [-0.2, 0) is 0 Å². The van der Waals surface area contributed by atoms with E-state index in [1.54, 1.807) is 18.2 Å². The molecule has 0 saturated carbocycles. The van der Waals surface area contributed by atoms with Crippen LogP contribution in [0.5, 0.6) is 0 Å². The van der Waals surface area contributed by atoms with E-state index < -0.39 is 4.92 Å². The van der Waals surface area contributed by atoms with E-state index in [9.17, 15) is 14.9 Å². The van der Waals surface area contributed by atoms with E-state index >= 15 is 0 Å². The molecule has 0 saturated heterocycles. The van der Waals surface area contributed by atoms with Crippen LogP contribution in [0.2, 0.25) is 0 Å². The van der Waals surface area contributed by atoms with Gasteiger partial charge in [0.05, 0.1) is 16.2 Å². The van der Waals surface area contributed by atoms with Crippen molar-refractivity contribution in [2.75, 3.05) is 5.32 Å². The highest BCUT2D eigenvalue weighted by atomic mass is 16.6. The van der Waals surface area contributed by atoms with Crippen LogP contribution in [0.3, 0.4) is 0 Å². The molecule has 6 nitrogen and oxygen atoms in total. The first kappa shape index (κ1) is 17.5. The molecule has 0 spiro atoms. The van der Waals surface area contributed by atoms with Crippen LogP contribution in [0.1, 0.15) is 36.7 Å². The predicted octanol–water partition coefficient (Wildman–Crippen LogP) is 4.18. The average molecular weight is 327 g/mol. The first-order valence-corrected chi connectivity index (χ1v) is 7.60. The standard InChI is InChI=1S/C18H21N3O3/c1-12-5-10-15(17(22)20-18(2,3)4)16(11-12)19-13-6-8-14(9-7-13)21(23)24/h5-11,19H,1-4H3,(H,20,22). The third-order valence-electron chi connectivity index (χ3n) is 3.27. The van der Waals surface area contributed by atoms with E-state index in [4.69, 9.17) is 0 Å². The van der Waals surface area contributed by atoms with Crippen LogP contribution in [0, 0.1) is 17.0 Å². The molecule has 24 heavy (non-hydrogen) atoms. The number of hydrogen-bond donors (Lipinski definition) is 2. The van der Waals surface area contributed by atoms with E-state index in [0.29, 0.717) is 16.9 Å². The Kier molecular flexibility index (Phi) is 4.87. The van der Waals surface area contributed by atoms with Gasteiger partial charge in [0.25, 0.3) is 11.6 Å². The summed E-state index contributed by atoms with van der Waals surface area (Å²) in [5.74, 6) is -0.174. The molecule has 2 N–H and O–H groups in total. The summed E-state index contributed by atoms with van der Waals surface area (Å²) < 4.78 is 0. The summed E-state index contributed by atoms with van der Waals surface area (Å²) in [5, 5.41) is 16.8. The summed E-state index contributed by atoms with van der Waals surface area (Å²) in [5.41, 5.74) is 2.55. The maximum absolute atomic E-state index is 12.5. The molecular weight excluding hydrogens is 306 g/mol. The van der Waals surface area contributed by atoms with Crippen LogP contribution >= 0.6 is 0 Å². The smallest absolute Gasteiger partial charge is 0.269 e. The first-order chi connectivity index (χ1) is 11.2. The van der Waals surface area contributed by atoms with Crippen LogP contribution in [0.25, 0.3) is 0 Å². The van der Waals surface area contributed by atoms with Crippen molar-refractivity contribution in [1.82, 2.24) is 5.32 Å². The van der Waals surface area contributed by atoms with Gasteiger partial charge in [-0.15, -0.1) is 0 Å². The Bertz CT molecular complexity index is 762. The van der Waals surface area contributed by atoms with Crippen molar-refractivity contribution in [3.05, 3.63) is 63.7 Å². The minimum absolute atomic E-state index is 0.0236. The lowest BCUT2D eigenvalue weighted by Gasteiger charge is -2.22. The molecule has 6 heteroatoms. The molecule has 0 radical (unpaired) electrons. The van der Waals surface area contributed by atoms with Crippen LogP contribution in [0.15, 0.2) is 42.5 Å². The van der Waals surface area contributed by atoms with Crippen molar-refractivity contribution in [1.29, 1.82) is 0 Å². The Morgan fingerprint density at radius 1 is 1.08 bits per heavy atom. The lowest BCUT2D eigenvalue weighted by molar-refractivity contribution is -0.384.